The Bertz CT molecular complexity index is 171. The van der Waals surface area contributed by atoms with Crippen molar-refractivity contribution in [2.24, 2.45) is 0 Å². The van der Waals surface area contributed by atoms with Gasteiger partial charge in [-0.15, -0.1) is 0 Å². The molecule has 0 heterocycles. The van der Waals surface area contributed by atoms with Crippen molar-refractivity contribution in [3.63, 3.8) is 0 Å². The second-order valence-corrected chi connectivity index (χ2v) is 4.98. The van der Waals surface area contributed by atoms with Crippen LogP contribution in [0.5, 0.6) is 0 Å². The van der Waals surface area contributed by atoms with Crippen LogP contribution in [-0.4, -0.2) is 19.1 Å². The topological polar surface area (TPSA) is 15.3 Å². The predicted octanol–water partition coefficient (Wildman–Crippen LogP) is 7.18. The first kappa shape index (κ1) is 29.5. The minimum absolute atomic E-state index is 1.16. The van der Waals surface area contributed by atoms with Crippen LogP contribution in [0.3, 0.4) is 0 Å². The Morgan fingerprint density at radius 3 is 1.45 bits per heavy atom. The quantitative estimate of drug-likeness (QED) is 0.358. The van der Waals surface area contributed by atoms with Gasteiger partial charge in [0.05, 0.1) is 0 Å². The summed E-state index contributed by atoms with van der Waals surface area (Å²) in [7, 11) is 4.02. The molecule has 0 aromatic carbocycles. The lowest BCUT2D eigenvalue weighted by atomic mass is 10.2. The predicted molar refractivity (Wildman–Crippen MR) is 107 cm³/mol. The van der Waals surface area contributed by atoms with Crippen molar-refractivity contribution in [3.05, 3.63) is 11.8 Å². The summed E-state index contributed by atoms with van der Waals surface area (Å²) in [5, 5.41) is 1.98. The third kappa shape index (κ3) is 36.6. The Balaban J connectivity index is -0.000000127. The monoisotopic (exact) mass is 316 g/mol. The molecule has 0 saturated heterocycles. The van der Waals surface area contributed by atoms with E-state index in [4.69, 9.17) is 0 Å². The molecule has 0 fully saturated rings. The van der Waals surface area contributed by atoms with Crippen LogP contribution >= 0.6 is 0 Å². The van der Waals surface area contributed by atoms with E-state index in [1.807, 2.05) is 46.8 Å². The zero-order chi connectivity index (χ0) is 18.2. The number of allylic oxidation sites excluding steroid dienone is 2. The van der Waals surface area contributed by atoms with Gasteiger partial charge >= 0.3 is 0 Å². The highest BCUT2D eigenvalue weighted by molar-refractivity contribution is 4.95. The molecule has 0 unspecified atom stereocenters. The van der Waals surface area contributed by atoms with Gasteiger partial charge in [0.15, 0.2) is 0 Å². The van der Waals surface area contributed by atoms with Gasteiger partial charge in [0, 0.05) is 19.8 Å². The van der Waals surface area contributed by atoms with Gasteiger partial charge in [-0.05, 0) is 19.8 Å². The molecule has 0 saturated carbocycles. The minimum Gasteiger partial charge on any atom is -0.324 e. The SMILES string of the molecule is C/C=C(/CCCC)NN(C)C.CC.CC.CCCCCCC. The molecule has 0 spiro atoms. The van der Waals surface area contributed by atoms with E-state index in [0.29, 0.717) is 0 Å². The van der Waals surface area contributed by atoms with Gasteiger partial charge in [0.2, 0.25) is 0 Å². The van der Waals surface area contributed by atoms with E-state index < -0.39 is 0 Å². The fraction of sp³-hybridized carbons (Fsp3) is 0.900. The van der Waals surface area contributed by atoms with E-state index in [2.05, 4.69) is 39.2 Å². The maximum absolute atomic E-state index is 3.26. The number of nitrogens with zero attached hydrogens (tertiary/aromatic N) is 1. The summed E-state index contributed by atoms with van der Waals surface area (Å²) in [6, 6.07) is 0. The summed E-state index contributed by atoms with van der Waals surface area (Å²) in [6.45, 7) is 16.8. The lowest BCUT2D eigenvalue weighted by molar-refractivity contribution is 0.320. The van der Waals surface area contributed by atoms with E-state index in [-0.39, 0.29) is 0 Å². The molecule has 0 aromatic heterocycles. The van der Waals surface area contributed by atoms with Crippen LogP contribution in [0.25, 0.3) is 0 Å². The number of nitrogens with one attached hydrogen (secondary N) is 1. The van der Waals surface area contributed by atoms with Crippen LogP contribution in [0.2, 0.25) is 0 Å². The molecule has 2 nitrogen and oxygen atoms in total. The molecule has 22 heavy (non-hydrogen) atoms. The lowest BCUT2D eigenvalue weighted by Gasteiger charge is -2.16. The number of rotatable bonds is 9. The molecule has 0 radical (unpaired) electrons. The fourth-order valence-electron chi connectivity index (χ4n) is 1.60. The Morgan fingerprint density at radius 1 is 0.773 bits per heavy atom. The normalized spacial score (nSPS) is 9.68. The first-order chi connectivity index (χ1) is 10.6. The van der Waals surface area contributed by atoms with Crippen molar-refractivity contribution in [2.45, 2.75) is 107 Å². The van der Waals surface area contributed by atoms with E-state index >= 15 is 0 Å². The zero-order valence-corrected chi connectivity index (χ0v) is 17.7. The third-order valence-electron chi connectivity index (χ3n) is 2.72. The van der Waals surface area contributed by atoms with Crippen molar-refractivity contribution in [1.29, 1.82) is 0 Å². The van der Waals surface area contributed by atoms with Crippen LogP contribution in [0.4, 0.5) is 0 Å². The van der Waals surface area contributed by atoms with Crippen molar-refractivity contribution >= 4 is 0 Å². The molecule has 0 aliphatic heterocycles. The smallest absolute Gasteiger partial charge is 0.0221 e. The van der Waals surface area contributed by atoms with Crippen molar-refractivity contribution in [1.82, 2.24) is 10.4 Å². The summed E-state index contributed by atoms with van der Waals surface area (Å²) >= 11 is 0. The molecule has 1 N–H and O–H groups in total. The van der Waals surface area contributed by atoms with E-state index in [1.165, 1.54) is 50.6 Å². The van der Waals surface area contributed by atoms with Gasteiger partial charge in [-0.3, -0.25) is 0 Å². The molecule has 0 bridgehead atoms. The third-order valence-corrected chi connectivity index (χ3v) is 2.72. The van der Waals surface area contributed by atoms with Crippen molar-refractivity contribution in [3.8, 4) is 0 Å². The Hall–Kier alpha value is -0.500. The molecule has 2 heteroatoms. The molecule has 0 aliphatic carbocycles. The molecule has 0 rings (SSSR count). The largest absolute Gasteiger partial charge is 0.324 e. The lowest BCUT2D eigenvalue weighted by Crippen LogP contribution is -2.29. The molecule has 0 atom stereocenters. The minimum atomic E-state index is 1.16. The standard InChI is InChI=1S/C9H20N2.C7H16.2C2H6/c1-5-7-8-9(6-2)10-11(3)4;1-3-5-7-6-4-2;2*1-2/h6,10H,5,7-8H2,1-4H3;3-7H2,1-2H3;2*1-2H3/b9-6-;;;. The fourth-order valence-corrected chi connectivity index (χ4v) is 1.60. The second kappa shape index (κ2) is 32.4. The van der Waals surface area contributed by atoms with Gasteiger partial charge in [-0.1, -0.05) is 93.1 Å². The Morgan fingerprint density at radius 2 is 1.18 bits per heavy atom. The summed E-state index contributed by atoms with van der Waals surface area (Å²) in [4.78, 5) is 0. The summed E-state index contributed by atoms with van der Waals surface area (Å²) < 4.78 is 0. The summed E-state index contributed by atoms with van der Waals surface area (Å²) in [5.41, 5.74) is 4.58. The van der Waals surface area contributed by atoms with Crippen LogP contribution < -0.4 is 5.43 Å². The Kier molecular flexibility index (Phi) is 43.5. The highest BCUT2D eigenvalue weighted by Gasteiger charge is 1.94. The maximum Gasteiger partial charge on any atom is 0.0221 e. The van der Waals surface area contributed by atoms with Crippen LogP contribution in [0.1, 0.15) is 107 Å². The van der Waals surface area contributed by atoms with Crippen LogP contribution in [0, 0.1) is 0 Å². The van der Waals surface area contributed by atoms with E-state index in [0.717, 1.165) is 6.42 Å². The van der Waals surface area contributed by atoms with Gasteiger partial charge < -0.3 is 5.43 Å². The molecular weight excluding hydrogens is 268 g/mol. The highest BCUT2D eigenvalue weighted by atomic mass is 15.5. The van der Waals surface area contributed by atoms with E-state index in [1.54, 1.807) is 0 Å². The highest BCUT2D eigenvalue weighted by Crippen LogP contribution is 2.03. The van der Waals surface area contributed by atoms with Crippen molar-refractivity contribution < 1.29 is 0 Å². The Labute approximate surface area is 143 Å². The van der Waals surface area contributed by atoms with Crippen LogP contribution in [0.15, 0.2) is 11.8 Å². The average Bonchev–Trinajstić information content (AvgIpc) is 2.56. The van der Waals surface area contributed by atoms with Crippen LogP contribution in [-0.2, 0) is 0 Å². The number of hydrogen-bond acceptors (Lipinski definition) is 2. The van der Waals surface area contributed by atoms with E-state index in [9.17, 15) is 0 Å². The molecule has 0 aromatic rings. The zero-order valence-electron chi connectivity index (χ0n) is 17.7. The number of unbranched alkanes of at least 4 members (excludes halogenated alkanes) is 5. The first-order valence-electron chi connectivity index (χ1n) is 9.71. The van der Waals surface area contributed by atoms with Gasteiger partial charge in [0.25, 0.3) is 0 Å². The average molecular weight is 317 g/mol. The molecule has 138 valence electrons. The van der Waals surface area contributed by atoms with Gasteiger partial charge in [-0.2, -0.15) is 0 Å². The number of hydrogen-bond donors (Lipinski definition) is 1. The van der Waals surface area contributed by atoms with Crippen molar-refractivity contribution in [2.75, 3.05) is 14.1 Å². The maximum atomic E-state index is 3.26. The number of hydrazine groups is 1. The van der Waals surface area contributed by atoms with Gasteiger partial charge in [-0.25, -0.2) is 5.01 Å². The first-order valence-corrected chi connectivity index (χ1v) is 9.71. The summed E-state index contributed by atoms with van der Waals surface area (Å²) in [5.74, 6) is 0. The molecule has 0 aliphatic rings. The molecule has 0 amide bonds. The van der Waals surface area contributed by atoms with Gasteiger partial charge in [0.1, 0.15) is 0 Å². The second-order valence-electron chi connectivity index (χ2n) is 4.98. The summed E-state index contributed by atoms with van der Waals surface area (Å²) in [6.07, 6.45) is 12.8. The molecular formula is C20H48N2.